The van der Waals surface area contributed by atoms with Gasteiger partial charge >= 0.3 is 0 Å². The molecule has 0 unspecified atom stereocenters. The molecule has 0 aromatic carbocycles. The van der Waals surface area contributed by atoms with Crippen molar-refractivity contribution in [1.82, 2.24) is 9.97 Å². The fourth-order valence-electron chi connectivity index (χ4n) is 2.57. The highest BCUT2D eigenvalue weighted by Crippen LogP contribution is 2.26. The maximum Gasteiger partial charge on any atom is 0.137 e. The Morgan fingerprint density at radius 1 is 1.25 bits per heavy atom. The molecule has 0 aliphatic heterocycles. The molecule has 5 heteroatoms. The quantitative estimate of drug-likeness (QED) is 0.753. The highest BCUT2D eigenvalue weighted by molar-refractivity contribution is 5.59. The zero-order valence-electron chi connectivity index (χ0n) is 13.4. The minimum Gasteiger partial charge on any atom is -0.383 e. The first-order valence-corrected chi connectivity index (χ1v) is 7.50. The van der Waals surface area contributed by atoms with Crippen LogP contribution in [0.5, 0.6) is 0 Å². The van der Waals surface area contributed by atoms with Crippen molar-refractivity contribution in [2.45, 2.75) is 46.1 Å². The molecule has 0 saturated carbocycles. The van der Waals surface area contributed by atoms with Crippen LogP contribution >= 0.6 is 0 Å². The molecule has 1 heterocycles. The third kappa shape index (κ3) is 3.82. The van der Waals surface area contributed by atoms with Gasteiger partial charge < -0.3 is 15.0 Å². The standard InChI is InChI=1S/C15H28N4O/c1-6-12(7-2)19(9-10-20-5)15-13(8-3)14(16-4)17-11-18-15/h11-12H,6-10H2,1-5H3,(H,16,17,18). The van der Waals surface area contributed by atoms with Gasteiger partial charge in [0.1, 0.15) is 18.0 Å². The first-order valence-electron chi connectivity index (χ1n) is 7.50. The topological polar surface area (TPSA) is 50.3 Å². The number of hydrogen-bond acceptors (Lipinski definition) is 5. The van der Waals surface area contributed by atoms with Crippen LogP contribution in [0, 0.1) is 0 Å². The predicted molar refractivity (Wildman–Crippen MR) is 84.5 cm³/mol. The van der Waals surface area contributed by atoms with E-state index < -0.39 is 0 Å². The van der Waals surface area contributed by atoms with Crippen LogP contribution in [0.2, 0.25) is 0 Å². The fourth-order valence-corrected chi connectivity index (χ4v) is 2.57. The molecule has 1 N–H and O–H groups in total. The van der Waals surface area contributed by atoms with Crippen LogP contribution in [0.1, 0.15) is 39.2 Å². The summed E-state index contributed by atoms with van der Waals surface area (Å²) in [4.78, 5) is 11.2. The Balaban J connectivity index is 3.17. The molecule has 0 atom stereocenters. The first kappa shape index (κ1) is 16.7. The van der Waals surface area contributed by atoms with Crippen molar-refractivity contribution < 1.29 is 4.74 Å². The lowest BCUT2D eigenvalue weighted by atomic mass is 10.1. The van der Waals surface area contributed by atoms with Crippen LogP contribution in [0.4, 0.5) is 11.6 Å². The van der Waals surface area contributed by atoms with E-state index in [1.807, 2.05) is 7.05 Å². The van der Waals surface area contributed by atoms with Crippen molar-refractivity contribution in [3.05, 3.63) is 11.9 Å². The smallest absolute Gasteiger partial charge is 0.137 e. The van der Waals surface area contributed by atoms with Gasteiger partial charge in [-0.3, -0.25) is 0 Å². The van der Waals surface area contributed by atoms with Crippen molar-refractivity contribution >= 4 is 11.6 Å². The Bertz CT molecular complexity index is 393. The second-order valence-electron chi connectivity index (χ2n) is 4.78. The van der Waals surface area contributed by atoms with Gasteiger partial charge in [0.15, 0.2) is 0 Å². The third-order valence-electron chi connectivity index (χ3n) is 3.70. The third-order valence-corrected chi connectivity index (χ3v) is 3.70. The molecule has 0 bridgehead atoms. The summed E-state index contributed by atoms with van der Waals surface area (Å²) in [6.07, 6.45) is 4.75. The van der Waals surface area contributed by atoms with Gasteiger partial charge in [0.25, 0.3) is 0 Å². The van der Waals surface area contributed by atoms with E-state index in [1.165, 1.54) is 5.56 Å². The molecule has 1 aromatic heterocycles. The predicted octanol–water partition coefficient (Wildman–Crippen LogP) is 2.72. The molecular formula is C15H28N4O. The summed E-state index contributed by atoms with van der Waals surface area (Å²) in [5.74, 6) is 1.96. The largest absolute Gasteiger partial charge is 0.383 e. The molecule has 0 radical (unpaired) electrons. The average Bonchev–Trinajstić information content (AvgIpc) is 2.50. The Hall–Kier alpha value is -1.36. The SMILES string of the molecule is CCc1c(NC)ncnc1N(CCOC)C(CC)CC. The number of anilines is 2. The first-order chi connectivity index (χ1) is 9.73. The maximum absolute atomic E-state index is 5.26. The van der Waals surface area contributed by atoms with Crippen LogP contribution in [-0.2, 0) is 11.2 Å². The van der Waals surface area contributed by atoms with Crippen LogP contribution < -0.4 is 10.2 Å². The molecule has 1 aromatic rings. The lowest BCUT2D eigenvalue weighted by molar-refractivity contribution is 0.202. The average molecular weight is 280 g/mol. The van der Waals surface area contributed by atoms with Gasteiger partial charge in [-0.25, -0.2) is 9.97 Å². The number of hydrogen-bond donors (Lipinski definition) is 1. The second kappa shape index (κ2) is 8.74. The number of methoxy groups -OCH3 is 1. The number of rotatable bonds is 9. The van der Waals surface area contributed by atoms with Crippen molar-refractivity contribution in [2.75, 3.05) is 37.5 Å². The van der Waals surface area contributed by atoms with E-state index in [0.717, 1.165) is 37.4 Å². The van der Waals surface area contributed by atoms with E-state index in [1.54, 1.807) is 13.4 Å². The lowest BCUT2D eigenvalue weighted by Crippen LogP contribution is -2.38. The monoisotopic (exact) mass is 280 g/mol. The summed E-state index contributed by atoms with van der Waals surface area (Å²) in [7, 11) is 3.65. The minimum absolute atomic E-state index is 0.482. The Morgan fingerprint density at radius 3 is 2.45 bits per heavy atom. The summed E-state index contributed by atoms with van der Waals surface area (Å²) >= 11 is 0. The van der Waals surface area contributed by atoms with E-state index in [-0.39, 0.29) is 0 Å². The van der Waals surface area contributed by atoms with Crippen molar-refractivity contribution in [3.63, 3.8) is 0 Å². The molecule has 114 valence electrons. The number of nitrogens with zero attached hydrogens (tertiary/aromatic N) is 3. The highest BCUT2D eigenvalue weighted by Gasteiger charge is 2.21. The van der Waals surface area contributed by atoms with E-state index in [4.69, 9.17) is 4.74 Å². The highest BCUT2D eigenvalue weighted by atomic mass is 16.5. The van der Waals surface area contributed by atoms with Crippen molar-refractivity contribution in [1.29, 1.82) is 0 Å². The zero-order chi connectivity index (χ0) is 15.0. The molecule has 0 saturated heterocycles. The van der Waals surface area contributed by atoms with Crippen LogP contribution in [0.25, 0.3) is 0 Å². The molecule has 0 aliphatic carbocycles. The minimum atomic E-state index is 0.482. The second-order valence-corrected chi connectivity index (χ2v) is 4.78. The van der Waals surface area contributed by atoms with E-state index in [0.29, 0.717) is 12.6 Å². The molecule has 0 amide bonds. The van der Waals surface area contributed by atoms with Gasteiger partial charge in [-0.1, -0.05) is 20.8 Å². The van der Waals surface area contributed by atoms with E-state index >= 15 is 0 Å². The lowest BCUT2D eigenvalue weighted by Gasteiger charge is -2.33. The van der Waals surface area contributed by atoms with Gasteiger partial charge in [-0.05, 0) is 19.3 Å². The molecule has 0 spiro atoms. The molecule has 1 rings (SSSR count). The van der Waals surface area contributed by atoms with Gasteiger partial charge in [-0.15, -0.1) is 0 Å². The zero-order valence-corrected chi connectivity index (χ0v) is 13.4. The summed E-state index contributed by atoms with van der Waals surface area (Å²) in [5.41, 5.74) is 1.18. The van der Waals surface area contributed by atoms with E-state index in [9.17, 15) is 0 Å². The van der Waals surface area contributed by atoms with E-state index in [2.05, 4.69) is 41.0 Å². The van der Waals surface area contributed by atoms with Gasteiger partial charge in [0.05, 0.1) is 6.61 Å². The Labute approximate surface area is 122 Å². The van der Waals surface area contributed by atoms with Gasteiger partial charge in [0.2, 0.25) is 0 Å². The van der Waals surface area contributed by atoms with Crippen LogP contribution in [0.3, 0.4) is 0 Å². The molecular weight excluding hydrogens is 252 g/mol. The fraction of sp³-hybridized carbons (Fsp3) is 0.733. The molecule has 0 aliphatic rings. The Kier molecular flexibility index (Phi) is 7.30. The number of ether oxygens (including phenoxy) is 1. The van der Waals surface area contributed by atoms with Crippen LogP contribution in [0.15, 0.2) is 6.33 Å². The molecule has 5 nitrogen and oxygen atoms in total. The van der Waals surface area contributed by atoms with Crippen molar-refractivity contribution in [2.24, 2.45) is 0 Å². The number of aromatic nitrogens is 2. The number of nitrogens with one attached hydrogen (secondary N) is 1. The molecule has 0 fully saturated rings. The maximum atomic E-state index is 5.26. The summed E-state index contributed by atoms with van der Waals surface area (Å²) in [6.45, 7) is 8.15. The van der Waals surface area contributed by atoms with Crippen molar-refractivity contribution in [3.8, 4) is 0 Å². The normalized spacial score (nSPS) is 10.9. The Morgan fingerprint density at radius 2 is 1.95 bits per heavy atom. The van der Waals surface area contributed by atoms with Gasteiger partial charge in [0, 0.05) is 32.3 Å². The molecule has 20 heavy (non-hydrogen) atoms. The summed E-state index contributed by atoms with van der Waals surface area (Å²) in [6, 6.07) is 0.482. The summed E-state index contributed by atoms with van der Waals surface area (Å²) in [5, 5.41) is 3.16. The summed E-state index contributed by atoms with van der Waals surface area (Å²) < 4.78 is 5.26. The van der Waals surface area contributed by atoms with Gasteiger partial charge in [-0.2, -0.15) is 0 Å². The van der Waals surface area contributed by atoms with Crippen LogP contribution in [-0.4, -0.2) is 43.3 Å².